The number of nitrogens with one attached hydrogen (secondary N) is 1. The highest BCUT2D eigenvalue weighted by Crippen LogP contribution is 2.20. The van der Waals surface area contributed by atoms with Crippen molar-refractivity contribution in [3.63, 3.8) is 0 Å². The van der Waals surface area contributed by atoms with Crippen LogP contribution in [0.2, 0.25) is 0 Å². The summed E-state index contributed by atoms with van der Waals surface area (Å²) in [5.74, 6) is 0. The van der Waals surface area contributed by atoms with Gasteiger partial charge in [-0.2, -0.15) is 0 Å². The number of rotatable bonds is 10. The summed E-state index contributed by atoms with van der Waals surface area (Å²) in [6, 6.07) is 0.421. The quantitative estimate of drug-likeness (QED) is 0.642. The first-order valence-electron chi connectivity index (χ1n) is 6.84. The van der Waals surface area contributed by atoms with Crippen LogP contribution in [0.5, 0.6) is 0 Å². The number of methoxy groups -OCH3 is 1. The molecule has 2 unspecified atom stereocenters. The molecule has 0 rings (SSSR count). The first-order valence-corrected chi connectivity index (χ1v) is 6.84. The predicted octanol–water partition coefficient (Wildman–Crippen LogP) is 2.98. The van der Waals surface area contributed by atoms with Crippen molar-refractivity contribution in [2.24, 2.45) is 0 Å². The molecule has 3 heteroatoms. The number of likely N-dealkylation sites (N-methyl/N-ethyl adjacent to an activating group) is 1. The van der Waals surface area contributed by atoms with Crippen LogP contribution in [-0.2, 0) is 9.47 Å². The Morgan fingerprint density at radius 3 is 2.24 bits per heavy atom. The zero-order valence-electron chi connectivity index (χ0n) is 12.5. The Morgan fingerprint density at radius 1 is 1.18 bits per heavy atom. The van der Waals surface area contributed by atoms with E-state index in [1.165, 1.54) is 0 Å². The van der Waals surface area contributed by atoms with Crippen molar-refractivity contribution < 1.29 is 9.47 Å². The zero-order valence-corrected chi connectivity index (χ0v) is 12.5. The van der Waals surface area contributed by atoms with Gasteiger partial charge in [0.15, 0.2) is 0 Å². The molecule has 0 aliphatic carbocycles. The van der Waals surface area contributed by atoms with E-state index in [1.807, 2.05) is 7.05 Å². The first kappa shape index (κ1) is 16.9. The van der Waals surface area contributed by atoms with E-state index in [9.17, 15) is 0 Å². The van der Waals surface area contributed by atoms with Crippen molar-refractivity contribution >= 4 is 0 Å². The summed E-state index contributed by atoms with van der Waals surface area (Å²) < 4.78 is 11.3. The van der Waals surface area contributed by atoms with E-state index in [-0.39, 0.29) is 5.60 Å². The minimum absolute atomic E-state index is 0.0436. The van der Waals surface area contributed by atoms with Crippen LogP contribution in [0, 0.1) is 0 Å². The average Bonchev–Trinajstić information content (AvgIpc) is 2.30. The van der Waals surface area contributed by atoms with Gasteiger partial charge >= 0.3 is 0 Å². The summed E-state index contributed by atoms with van der Waals surface area (Å²) in [4.78, 5) is 0. The van der Waals surface area contributed by atoms with Crippen LogP contribution in [0.25, 0.3) is 0 Å². The van der Waals surface area contributed by atoms with Crippen LogP contribution < -0.4 is 5.32 Å². The van der Waals surface area contributed by atoms with Crippen molar-refractivity contribution in [1.82, 2.24) is 5.32 Å². The largest absolute Gasteiger partial charge is 0.379 e. The minimum atomic E-state index is -0.0436. The Kier molecular flexibility index (Phi) is 8.83. The van der Waals surface area contributed by atoms with Gasteiger partial charge in [0.2, 0.25) is 0 Å². The summed E-state index contributed by atoms with van der Waals surface area (Å²) in [6.45, 7) is 9.33. The van der Waals surface area contributed by atoms with Crippen molar-refractivity contribution in [2.75, 3.05) is 20.8 Å². The maximum Gasteiger partial charge on any atom is 0.0727 e. The third-order valence-electron chi connectivity index (χ3n) is 3.38. The monoisotopic (exact) mass is 245 g/mol. The van der Waals surface area contributed by atoms with Crippen molar-refractivity contribution in [3.8, 4) is 0 Å². The van der Waals surface area contributed by atoms with E-state index in [1.54, 1.807) is 7.11 Å². The molecule has 0 bridgehead atoms. The molecule has 0 saturated carbocycles. The lowest BCUT2D eigenvalue weighted by atomic mass is 9.94. The lowest BCUT2D eigenvalue weighted by Crippen LogP contribution is -2.41. The van der Waals surface area contributed by atoms with Crippen LogP contribution in [-0.4, -0.2) is 38.5 Å². The van der Waals surface area contributed by atoms with E-state index >= 15 is 0 Å². The molecule has 0 amide bonds. The van der Waals surface area contributed by atoms with E-state index in [0.717, 1.165) is 32.3 Å². The van der Waals surface area contributed by atoms with Gasteiger partial charge in [-0.1, -0.05) is 13.3 Å². The lowest BCUT2D eigenvalue weighted by molar-refractivity contribution is -0.00504. The van der Waals surface area contributed by atoms with Crippen LogP contribution >= 0.6 is 0 Å². The minimum Gasteiger partial charge on any atom is -0.379 e. The molecule has 0 saturated heterocycles. The molecule has 0 heterocycles. The Hall–Kier alpha value is -0.120. The molecular weight excluding hydrogens is 214 g/mol. The Labute approximate surface area is 107 Å². The molecule has 104 valence electrons. The predicted molar refractivity (Wildman–Crippen MR) is 73.5 cm³/mol. The third kappa shape index (κ3) is 7.02. The Morgan fingerprint density at radius 2 is 1.82 bits per heavy atom. The van der Waals surface area contributed by atoms with Gasteiger partial charge in [0.05, 0.1) is 11.7 Å². The topological polar surface area (TPSA) is 30.5 Å². The second-order valence-corrected chi connectivity index (χ2v) is 5.18. The molecular formula is C14H31NO2. The molecule has 17 heavy (non-hydrogen) atoms. The van der Waals surface area contributed by atoms with E-state index in [2.05, 4.69) is 33.0 Å². The maximum absolute atomic E-state index is 5.83. The van der Waals surface area contributed by atoms with E-state index in [0.29, 0.717) is 12.1 Å². The first-order chi connectivity index (χ1) is 8.00. The van der Waals surface area contributed by atoms with Crippen molar-refractivity contribution in [2.45, 2.75) is 71.1 Å². The van der Waals surface area contributed by atoms with Gasteiger partial charge in [0, 0.05) is 19.8 Å². The van der Waals surface area contributed by atoms with E-state index < -0.39 is 0 Å². The van der Waals surface area contributed by atoms with Crippen LogP contribution in [0.15, 0.2) is 0 Å². The summed E-state index contributed by atoms with van der Waals surface area (Å²) in [6.07, 6.45) is 4.73. The fourth-order valence-electron chi connectivity index (χ4n) is 2.02. The van der Waals surface area contributed by atoms with Crippen LogP contribution in [0.3, 0.4) is 0 Å². The molecule has 0 aromatic carbocycles. The fourth-order valence-corrected chi connectivity index (χ4v) is 2.02. The smallest absolute Gasteiger partial charge is 0.0727 e. The van der Waals surface area contributed by atoms with Crippen LogP contribution in [0.4, 0.5) is 0 Å². The van der Waals surface area contributed by atoms with Gasteiger partial charge in [-0.05, 0) is 47.1 Å². The molecule has 3 nitrogen and oxygen atoms in total. The van der Waals surface area contributed by atoms with Gasteiger partial charge in [-0.3, -0.25) is 0 Å². The highest BCUT2D eigenvalue weighted by molar-refractivity contribution is 4.79. The second-order valence-electron chi connectivity index (χ2n) is 5.18. The SMILES string of the molecule is CCCC(OCC)C(CCC(C)(C)OC)NC. The van der Waals surface area contributed by atoms with Crippen molar-refractivity contribution in [1.29, 1.82) is 0 Å². The summed E-state index contributed by atoms with van der Waals surface area (Å²) in [7, 11) is 3.80. The summed E-state index contributed by atoms with van der Waals surface area (Å²) in [5.41, 5.74) is -0.0436. The molecule has 1 N–H and O–H groups in total. The van der Waals surface area contributed by atoms with Gasteiger partial charge in [-0.15, -0.1) is 0 Å². The fraction of sp³-hybridized carbons (Fsp3) is 1.00. The van der Waals surface area contributed by atoms with Gasteiger partial charge in [-0.25, -0.2) is 0 Å². The van der Waals surface area contributed by atoms with Crippen molar-refractivity contribution in [3.05, 3.63) is 0 Å². The number of ether oxygens (including phenoxy) is 2. The third-order valence-corrected chi connectivity index (χ3v) is 3.38. The van der Waals surface area contributed by atoms with Crippen LogP contribution in [0.1, 0.15) is 53.4 Å². The van der Waals surface area contributed by atoms with Gasteiger partial charge in [0.25, 0.3) is 0 Å². The second kappa shape index (κ2) is 8.90. The molecule has 0 aromatic heterocycles. The summed E-state index contributed by atoms with van der Waals surface area (Å²) >= 11 is 0. The molecule has 0 aromatic rings. The zero-order chi connectivity index (χ0) is 13.3. The van der Waals surface area contributed by atoms with E-state index in [4.69, 9.17) is 9.47 Å². The number of hydrogen-bond acceptors (Lipinski definition) is 3. The molecule has 2 atom stereocenters. The Bertz CT molecular complexity index is 177. The standard InChI is InChI=1S/C14H31NO2/c1-7-9-13(17-8-2)12(15-5)10-11-14(3,4)16-6/h12-13,15H,7-11H2,1-6H3. The average molecular weight is 245 g/mol. The maximum atomic E-state index is 5.83. The Balaban J connectivity index is 4.26. The molecule has 0 aliphatic rings. The normalized spacial score (nSPS) is 15.9. The molecule has 0 aliphatic heterocycles. The highest BCUT2D eigenvalue weighted by Gasteiger charge is 2.23. The highest BCUT2D eigenvalue weighted by atomic mass is 16.5. The summed E-state index contributed by atoms with van der Waals surface area (Å²) in [5, 5.41) is 3.39. The molecule has 0 fully saturated rings. The van der Waals surface area contributed by atoms with Gasteiger partial charge in [0.1, 0.15) is 0 Å². The number of hydrogen-bond donors (Lipinski definition) is 1. The molecule has 0 spiro atoms. The lowest BCUT2D eigenvalue weighted by Gasteiger charge is -2.30. The van der Waals surface area contributed by atoms with Gasteiger partial charge < -0.3 is 14.8 Å². The molecule has 0 radical (unpaired) electrons.